The Kier molecular flexibility index (Phi) is 6.38. The second-order valence-corrected chi connectivity index (χ2v) is 7.32. The quantitative estimate of drug-likeness (QED) is 0.388. The fraction of sp³-hybridized carbons (Fsp3) is 0.167. The Morgan fingerprint density at radius 1 is 1.06 bits per heavy atom. The van der Waals surface area contributed by atoms with Crippen molar-refractivity contribution in [2.24, 2.45) is 0 Å². The number of rotatable bonds is 7. The Morgan fingerprint density at radius 3 is 2.65 bits per heavy atom. The number of nitrogens with zero attached hydrogens (tertiary/aromatic N) is 4. The molecule has 2 aromatic carbocycles. The number of halogens is 1. The lowest BCUT2D eigenvalue weighted by atomic mass is 10.1. The number of fused-ring (bicyclic) bond motifs is 1. The Labute approximate surface area is 185 Å². The second kappa shape index (κ2) is 9.53. The van der Waals surface area contributed by atoms with Gasteiger partial charge in [-0.3, -0.25) is 9.78 Å². The van der Waals surface area contributed by atoms with Gasteiger partial charge in [0, 0.05) is 36.4 Å². The summed E-state index contributed by atoms with van der Waals surface area (Å²) in [6, 6.07) is 17.4. The SMILES string of the molecule is CCOc1ccc2nc(Cl)c(CN(Cc3ccccc3)C(=O)c3cnccn3)cc2c1. The van der Waals surface area contributed by atoms with Crippen LogP contribution >= 0.6 is 11.6 Å². The van der Waals surface area contributed by atoms with Crippen molar-refractivity contribution in [2.75, 3.05) is 6.61 Å². The minimum absolute atomic E-state index is 0.226. The van der Waals surface area contributed by atoms with Crippen LogP contribution in [-0.2, 0) is 13.1 Å². The minimum atomic E-state index is -0.226. The van der Waals surface area contributed by atoms with E-state index in [1.165, 1.54) is 12.4 Å². The lowest BCUT2D eigenvalue weighted by molar-refractivity contribution is 0.0723. The first-order chi connectivity index (χ1) is 15.1. The lowest BCUT2D eigenvalue weighted by Gasteiger charge is -2.23. The highest BCUT2D eigenvalue weighted by atomic mass is 35.5. The van der Waals surface area contributed by atoms with Gasteiger partial charge < -0.3 is 9.64 Å². The molecule has 0 saturated carbocycles. The summed E-state index contributed by atoms with van der Waals surface area (Å²) in [7, 11) is 0. The highest BCUT2D eigenvalue weighted by molar-refractivity contribution is 6.30. The van der Waals surface area contributed by atoms with Crippen LogP contribution < -0.4 is 4.74 Å². The topological polar surface area (TPSA) is 68.2 Å². The molecule has 0 aliphatic rings. The first kappa shape index (κ1) is 20.8. The summed E-state index contributed by atoms with van der Waals surface area (Å²) >= 11 is 6.49. The molecule has 1 amide bonds. The fourth-order valence-electron chi connectivity index (χ4n) is 3.32. The molecule has 0 spiro atoms. The maximum atomic E-state index is 13.2. The van der Waals surface area contributed by atoms with Crippen LogP contribution in [-0.4, -0.2) is 32.4 Å². The summed E-state index contributed by atoms with van der Waals surface area (Å²) in [5, 5.41) is 1.26. The number of amides is 1. The third-order valence-corrected chi connectivity index (χ3v) is 5.10. The van der Waals surface area contributed by atoms with E-state index in [1.807, 2.05) is 61.5 Å². The molecule has 0 aliphatic carbocycles. The van der Waals surface area contributed by atoms with Crippen molar-refractivity contribution in [3.8, 4) is 5.75 Å². The van der Waals surface area contributed by atoms with E-state index < -0.39 is 0 Å². The van der Waals surface area contributed by atoms with Crippen LogP contribution in [0.4, 0.5) is 0 Å². The highest BCUT2D eigenvalue weighted by Crippen LogP contribution is 2.26. The van der Waals surface area contributed by atoms with E-state index in [-0.39, 0.29) is 18.1 Å². The monoisotopic (exact) mass is 432 g/mol. The molecule has 0 unspecified atom stereocenters. The van der Waals surface area contributed by atoms with Gasteiger partial charge in [-0.05, 0) is 36.8 Å². The molecule has 0 atom stereocenters. The van der Waals surface area contributed by atoms with Crippen molar-refractivity contribution in [1.82, 2.24) is 19.9 Å². The molecular formula is C24H21ClN4O2. The number of aromatic nitrogens is 3. The number of carbonyl (C=O) groups is 1. The third kappa shape index (κ3) is 4.98. The first-order valence-corrected chi connectivity index (χ1v) is 10.3. The summed E-state index contributed by atoms with van der Waals surface area (Å²) in [5.41, 5.74) is 2.80. The van der Waals surface area contributed by atoms with E-state index in [0.717, 1.165) is 27.8 Å². The van der Waals surface area contributed by atoms with E-state index in [1.54, 1.807) is 11.1 Å². The number of carbonyl (C=O) groups excluding carboxylic acids is 1. The van der Waals surface area contributed by atoms with Crippen molar-refractivity contribution in [3.05, 3.63) is 95.2 Å². The zero-order valence-electron chi connectivity index (χ0n) is 17.0. The molecule has 31 heavy (non-hydrogen) atoms. The molecule has 156 valence electrons. The predicted molar refractivity (Wildman–Crippen MR) is 120 cm³/mol. The third-order valence-electron chi connectivity index (χ3n) is 4.77. The van der Waals surface area contributed by atoms with Crippen molar-refractivity contribution in [1.29, 1.82) is 0 Å². The largest absolute Gasteiger partial charge is 0.494 e. The van der Waals surface area contributed by atoms with Gasteiger partial charge in [-0.15, -0.1) is 0 Å². The molecule has 2 aromatic heterocycles. The molecule has 0 aliphatic heterocycles. The zero-order chi connectivity index (χ0) is 21.6. The van der Waals surface area contributed by atoms with E-state index in [9.17, 15) is 4.79 Å². The van der Waals surface area contributed by atoms with Gasteiger partial charge in [0.15, 0.2) is 0 Å². The van der Waals surface area contributed by atoms with Crippen LogP contribution in [0.2, 0.25) is 5.15 Å². The Hall–Kier alpha value is -3.51. The van der Waals surface area contributed by atoms with Crippen LogP contribution in [0.3, 0.4) is 0 Å². The highest BCUT2D eigenvalue weighted by Gasteiger charge is 2.20. The van der Waals surface area contributed by atoms with Gasteiger partial charge in [0.1, 0.15) is 16.6 Å². The average Bonchev–Trinajstić information content (AvgIpc) is 2.80. The van der Waals surface area contributed by atoms with Gasteiger partial charge in [0.2, 0.25) is 0 Å². The molecule has 7 heteroatoms. The molecule has 4 aromatic rings. The number of benzene rings is 2. The zero-order valence-corrected chi connectivity index (χ0v) is 17.8. The lowest BCUT2D eigenvalue weighted by Crippen LogP contribution is -2.31. The average molecular weight is 433 g/mol. The van der Waals surface area contributed by atoms with Gasteiger partial charge in [-0.2, -0.15) is 0 Å². The Morgan fingerprint density at radius 2 is 1.90 bits per heavy atom. The second-order valence-electron chi connectivity index (χ2n) is 6.96. The van der Waals surface area contributed by atoms with E-state index in [0.29, 0.717) is 18.3 Å². The van der Waals surface area contributed by atoms with Gasteiger partial charge in [-0.25, -0.2) is 9.97 Å². The van der Waals surface area contributed by atoms with E-state index in [2.05, 4.69) is 15.0 Å². The molecule has 2 heterocycles. The van der Waals surface area contributed by atoms with Crippen molar-refractivity contribution >= 4 is 28.4 Å². The molecule has 0 radical (unpaired) electrons. The molecule has 0 bridgehead atoms. The smallest absolute Gasteiger partial charge is 0.274 e. The fourth-order valence-corrected chi connectivity index (χ4v) is 3.53. The minimum Gasteiger partial charge on any atom is -0.494 e. The molecule has 4 rings (SSSR count). The van der Waals surface area contributed by atoms with E-state index in [4.69, 9.17) is 16.3 Å². The van der Waals surface area contributed by atoms with Crippen LogP contribution in [0.1, 0.15) is 28.5 Å². The number of hydrogen-bond acceptors (Lipinski definition) is 5. The van der Waals surface area contributed by atoms with Gasteiger partial charge >= 0.3 is 0 Å². The standard InChI is InChI=1S/C24H21ClN4O2/c1-2-31-20-8-9-21-18(13-20)12-19(23(25)28-21)16-29(15-17-6-4-3-5-7-17)24(30)22-14-26-10-11-27-22/h3-14H,2,15-16H2,1H3. The molecule has 0 N–H and O–H groups in total. The maximum absolute atomic E-state index is 13.2. The number of pyridine rings is 1. The Balaban J connectivity index is 1.69. The predicted octanol–water partition coefficient (Wildman–Crippen LogP) is 4.92. The van der Waals surface area contributed by atoms with Crippen LogP contribution in [0.25, 0.3) is 10.9 Å². The molecule has 0 saturated heterocycles. The molecule has 6 nitrogen and oxygen atoms in total. The van der Waals surface area contributed by atoms with Crippen molar-refractivity contribution in [2.45, 2.75) is 20.0 Å². The summed E-state index contributed by atoms with van der Waals surface area (Å²) in [5.74, 6) is 0.540. The van der Waals surface area contributed by atoms with Crippen LogP contribution in [0, 0.1) is 0 Å². The van der Waals surface area contributed by atoms with Gasteiger partial charge in [-0.1, -0.05) is 41.9 Å². The summed E-state index contributed by atoms with van der Waals surface area (Å²) < 4.78 is 5.60. The summed E-state index contributed by atoms with van der Waals surface area (Å²) in [6.45, 7) is 3.21. The summed E-state index contributed by atoms with van der Waals surface area (Å²) in [4.78, 5) is 27.6. The van der Waals surface area contributed by atoms with Crippen LogP contribution in [0.15, 0.2) is 73.2 Å². The van der Waals surface area contributed by atoms with Gasteiger partial charge in [0.05, 0.1) is 18.3 Å². The normalized spacial score (nSPS) is 10.8. The Bertz CT molecular complexity index is 1190. The van der Waals surface area contributed by atoms with Crippen molar-refractivity contribution in [3.63, 3.8) is 0 Å². The van der Waals surface area contributed by atoms with Crippen LogP contribution in [0.5, 0.6) is 5.75 Å². The first-order valence-electron chi connectivity index (χ1n) is 9.95. The van der Waals surface area contributed by atoms with Gasteiger partial charge in [0.25, 0.3) is 5.91 Å². The number of ether oxygens (including phenoxy) is 1. The summed E-state index contributed by atoms with van der Waals surface area (Å²) in [6.07, 6.45) is 4.51. The number of hydrogen-bond donors (Lipinski definition) is 0. The molecular weight excluding hydrogens is 412 g/mol. The molecule has 0 fully saturated rings. The van der Waals surface area contributed by atoms with Crippen molar-refractivity contribution < 1.29 is 9.53 Å². The van der Waals surface area contributed by atoms with E-state index >= 15 is 0 Å². The maximum Gasteiger partial charge on any atom is 0.274 e.